The van der Waals surface area contributed by atoms with E-state index in [1.165, 1.54) is 0 Å². The number of esters is 2. The molecule has 10 heteroatoms. The largest absolute Gasteiger partial charge is 0.512 e. The summed E-state index contributed by atoms with van der Waals surface area (Å²) in [7, 11) is 0. The molecule has 0 aliphatic carbocycles. The number of rotatable bonds is 7. The van der Waals surface area contributed by atoms with Crippen LogP contribution in [0.1, 0.15) is 19.8 Å². The third-order valence-corrected chi connectivity index (χ3v) is 1.99. The monoisotopic (exact) mass is 374 g/mol. The van der Waals surface area contributed by atoms with Gasteiger partial charge in [0.15, 0.2) is 6.29 Å². The van der Waals surface area contributed by atoms with Crippen molar-refractivity contribution in [1.29, 1.82) is 0 Å². The molecule has 0 atom stereocenters. The van der Waals surface area contributed by atoms with Gasteiger partial charge in [0.25, 0.3) is 0 Å². The highest BCUT2D eigenvalue weighted by atomic mass is 16.6. The molecule has 0 aromatic rings. The highest BCUT2D eigenvalue weighted by molar-refractivity contribution is 5.99. The quantitative estimate of drug-likeness (QED) is 0.140. The van der Waals surface area contributed by atoms with Crippen molar-refractivity contribution in [2.24, 2.45) is 0 Å². The number of carbonyl (C=O) groups excluding carboxylic acids is 2. The highest BCUT2D eigenvalue weighted by Gasteiger charge is 2.24. The molecular weight excluding hydrogens is 352 g/mol. The van der Waals surface area contributed by atoms with Crippen molar-refractivity contribution in [2.45, 2.75) is 26.1 Å². The van der Waals surface area contributed by atoms with Crippen LogP contribution in [0, 0.1) is 0 Å². The molecule has 0 aromatic heterocycles. The number of hydrogen-bond acceptors (Lipinski definition) is 8. The van der Waals surface area contributed by atoms with Gasteiger partial charge in [-0.05, 0) is 6.42 Å². The SMILES string of the molecule is C=CC(=O)O.C=CC(=O)O.C=CC(=O)OC(=O)C(=C(O)CCC)C(O)O. The van der Waals surface area contributed by atoms with Crippen molar-refractivity contribution in [1.82, 2.24) is 0 Å². The summed E-state index contributed by atoms with van der Waals surface area (Å²) >= 11 is 0. The molecule has 0 saturated heterocycles. The maximum atomic E-state index is 11.2. The minimum absolute atomic E-state index is 0.0737. The van der Waals surface area contributed by atoms with Crippen LogP contribution in [0.3, 0.4) is 0 Å². The van der Waals surface area contributed by atoms with Crippen LogP contribution in [-0.2, 0) is 23.9 Å². The molecule has 0 amide bonds. The normalized spacial score (nSPS) is 9.85. The number of aliphatic carboxylic acids is 2. The zero-order valence-corrected chi connectivity index (χ0v) is 14.1. The van der Waals surface area contributed by atoms with Crippen LogP contribution in [0.25, 0.3) is 0 Å². The first-order valence-corrected chi connectivity index (χ1v) is 6.85. The van der Waals surface area contributed by atoms with Crippen molar-refractivity contribution < 1.29 is 49.4 Å². The Hall–Kier alpha value is -3.24. The first kappa shape index (κ1) is 27.6. The standard InChI is InChI=1S/C10H14O6.2C3H4O2/c1-3-5-6(11)8(9(13)14)10(15)16-7(12)4-2;2*1-2-3(4)5/h4,9,11,13-14H,2-3,5H2,1H3;2*2H,1H2,(H,4,5). The van der Waals surface area contributed by atoms with E-state index in [-0.39, 0.29) is 6.42 Å². The Morgan fingerprint density at radius 3 is 1.54 bits per heavy atom. The lowest BCUT2D eigenvalue weighted by Crippen LogP contribution is -2.23. The zero-order valence-electron chi connectivity index (χ0n) is 14.1. The van der Waals surface area contributed by atoms with E-state index in [1.807, 2.05) is 0 Å². The summed E-state index contributed by atoms with van der Waals surface area (Å²) in [5.74, 6) is -4.81. The second-order valence-corrected chi connectivity index (χ2v) is 3.98. The molecule has 10 nitrogen and oxygen atoms in total. The summed E-state index contributed by atoms with van der Waals surface area (Å²) < 4.78 is 4.16. The van der Waals surface area contributed by atoms with Crippen molar-refractivity contribution in [2.75, 3.05) is 0 Å². The fourth-order valence-electron chi connectivity index (χ4n) is 0.932. The van der Waals surface area contributed by atoms with Crippen LogP contribution in [0.5, 0.6) is 0 Å². The number of ether oxygens (including phenoxy) is 1. The van der Waals surface area contributed by atoms with Crippen LogP contribution >= 0.6 is 0 Å². The second kappa shape index (κ2) is 16.6. The van der Waals surface area contributed by atoms with Gasteiger partial charge in [-0.1, -0.05) is 26.7 Å². The molecule has 0 unspecified atom stereocenters. The van der Waals surface area contributed by atoms with Crippen molar-refractivity contribution in [3.8, 4) is 0 Å². The Bertz CT molecular complexity index is 539. The predicted molar refractivity (Wildman–Crippen MR) is 89.8 cm³/mol. The predicted octanol–water partition coefficient (Wildman–Crippen LogP) is 0.679. The van der Waals surface area contributed by atoms with E-state index in [2.05, 4.69) is 24.5 Å². The average Bonchev–Trinajstić information content (AvgIpc) is 2.55. The second-order valence-electron chi connectivity index (χ2n) is 3.98. The van der Waals surface area contributed by atoms with Crippen molar-refractivity contribution in [3.05, 3.63) is 49.3 Å². The van der Waals surface area contributed by atoms with Crippen LogP contribution in [0.4, 0.5) is 0 Å². The Morgan fingerprint density at radius 1 is 0.923 bits per heavy atom. The van der Waals surface area contributed by atoms with Crippen molar-refractivity contribution >= 4 is 23.9 Å². The van der Waals surface area contributed by atoms with E-state index in [0.717, 1.165) is 18.2 Å². The molecule has 146 valence electrons. The van der Waals surface area contributed by atoms with Gasteiger partial charge in [-0.25, -0.2) is 19.2 Å². The van der Waals surface area contributed by atoms with Crippen LogP contribution < -0.4 is 0 Å². The lowest BCUT2D eigenvalue weighted by Gasteiger charge is -2.10. The third kappa shape index (κ3) is 17.1. The molecule has 0 radical (unpaired) electrons. The minimum Gasteiger partial charge on any atom is -0.512 e. The number of allylic oxidation sites excluding steroid dienone is 1. The van der Waals surface area contributed by atoms with Crippen LogP contribution in [0.15, 0.2) is 49.3 Å². The number of carbonyl (C=O) groups is 4. The lowest BCUT2D eigenvalue weighted by atomic mass is 10.1. The summed E-state index contributed by atoms with van der Waals surface area (Å²) in [6, 6.07) is 0. The Labute approximate surface area is 149 Å². The molecule has 0 heterocycles. The first-order valence-electron chi connectivity index (χ1n) is 6.85. The van der Waals surface area contributed by atoms with Crippen molar-refractivity contribution in [3.63, 3.8) is 0 Å². The average molecular weight is 374 g/mol. The Balaban J connectivity index is -0.000000433. The van der Waals surface area contributed by atoms with E-state index in [4.69, 9.17) is 20.4 Å². The fraction of sp³-hybridized carbons (Fsp3) is 0.250. The summed E-state index contributed by atoms with van der Waals surface area (Å²) in [5, 5.41) is 42.3. The topological polar surface area (TPSA) is 179 Å². The van der Waals surface area contributed by atoms with Gasteiger partial charge < -0.3 is 30.3 Å². The first-order chi connectivity index (χ1) is 12.0. The van der Waals surface area contributed by atoms with Crippen LogP contribution in [-0.4, -0.2) is 55.7 Å². The highest BCUT2D eigenvalue weighted by Crippen LogP contribution is 2.13. The lowest BCUT2D eigenvalue weighted by molar-refractivity contribution is -0.155. The fourth-order valence-corrected chi connectivity index (χ4v) is 0.932. The molecular formula is C16H22O10. The van der Waals surface area contributed by atoms with Gasteiger partial charge >= 0.3 is 23.9 Å². The number of carboxylic acids is 2. The maximum absolute atomic E-state index is 11.2. The van der Waals surface area contributed by atoms with Gasteiger partial charge in [0.05, 0.1) is 0 Å². The summed E-state index contributed by atoms with van der Waals surface area (Å²) in [6.07, 6.45) is 0.780. The molecule has 0 aliphatic heterocycles. The van der Waals surface area contributed by atoms with Gasteiger partial charge in [-0.15, -0.1) is 0 Å². The number of hydrogen-bond donors (Lipinski definition) is 5. The Morgan fingerprint density at radius 2 is 1.31 bits per heavy atom. The number of aliphatic hydroxyl groups is 3. The number of carboxylic acid groups (broad SMARTS) is 2. The molecule has 0 bridgehead atoms. The number of aliphatic hydroxyl groups excluding tert-OH is 2. The Kier molecular flexibility index (Phi) is 17.6. The molecule has 0 spiro atoms. The minimum atomic E-state index is -2.20. The van der Waals surface area contributed by atoms with Crippen LogP contribution in [0.2, 0.25) is 0 Å². The van der Waals surface area contributed by atoms with Gasteiger partial charge in [-0.3, -0.25) is 0 Å². The van der Waals surface area contributed by atoms with E-state index >= 15 is 0 Å². The summed E-state index contributed by atoms with van der Waals surface area (Å²) in [5.41, 5.74) is -0.739. The van der Waals surface area contributed by atoms with Gasteiger partial charge in [0.2, 0.25) is 0 Å². The molecule has 0 fully saturated rings. The third-order valence-electron chi connectivity index (χ3n) is 1.99. The molecule has 26 heavy (non-hydrogen) atoms. The molecule has 0 aromatic carbocycles. The van der Waals surface area contributed by atoms with Gasteiger partial charge in [0, 0.05) is 24.6 Å². The van der Waals surface area contributed by atoms with E-state index in [9.17, 15) is 24.3 Å². The van der Waals surface area contributed by atoms with E-state index in [0.29, 0.717) is 6.42 Å². The molecule has 0 saturated carbocycles. The maximum Gasteiger partial charge on any atom is 0.350 e. The molecule has 0 aliphatic rings. The van der Waals surface area contributed by atoms with E-state index in [1.54, 1.807) is 6.92 Å². The van der Waals surface area contributed by atoms with E-state index < -0.39 is 41.5 Å². The smallest absolute Gasteiger partial charge is 0.350 e. The molecule has 5 N–H and O–H groups in total. The van der Waals surface area contributed by atoms with Gasteiger partial charge in [0.1, 0.15) is 11.3 Å². The molecule has 0 rings (SSSR count). The zero-order chi connectivity index (χ0) is 21.3. The summed E-state index contributed by atoms with van der Waals surface area (Å²) in [4.78, 5) is 40.4. The summed E-state index contributed by atoms with van der Waals surface area (Å²) in [6.45, 7) is 10.7. The van der Waals surface area contributed by atoms with Gasteiger partial charge in [-0.2, -0.15) is 0 Å².